The molecule has 0 bridgehead atoms. The van der Waals surface area contributed by atoms with E-state index in [4.69, 9.17) is 0 Å². The number of hydrogen-bond acceptors (Lipinski definition) is 2. The topological polar surface area (TPSA) is 41.1 Å². The molecule has 0 heterocycles. The summed E-state index contributed by atoms with van der Waals surface area (Å²) in [5.74, 6) is 0.338. The van der Waals surface area contributed by atoms with E-state index in [1.807, 2.05) is 0 Å². The first-order chi connectivity index (χ1) is 8.15. The third kappa shape index (κ3) is 4.00. The number of anilines is 1. The van der Waals surface area contributed by atoms with E-state index in [0.717, 1.165) is 12.2 Å². The van der Waals surface area contributed by atoms with Gasteiger partial charge in [0.25, 0.3) is 0 Å². The van der Waals surface area contributed by atoms with E-state index in [0.29, 0.717) is 10.4 Å². The maximum atomic E-state index is 13.0. The zero-order valence-electron chi connectivity index (χ0n) is 9.30. The predicted octanol–water partition coefficient (Wildman–Crippen LogP) is 2.53. The van der Waals surface area contributed by atoms with Gasteiger partial charge in [0.05, 0.1) is 11.0 Å². The molecular formula is C12H14BrFN2O. The second-order valence-electron chi connectivity index (χ2n) is 4.23. The van der Waals surface area contributed by atoms with E-state index in [2.05, 4.69) is 26.6 Å². The molecule has 1 fully saturated rings. The van der Waals surface area contributed by atoms with Crippen LogP contribution in [0.1, 0.15) is 12.8 Å². The Morgan fingerprint density at radius 3 is 2.88 bits per heavy atom. The number of amides is 1. The average molecular weight is 301 g/mol. The lowest BCUT2D eigenvalue weighted by molar-refractivity contribution is -0.119. The number of carbonyl (C=O) groups is 1. The Labute approximate surface area is 108 Å². The zero-order valence-corrected chi connectivity index (χ0v) is 10.9. The Balaban J connectivity index is 1.75. The monoisotopic (exact) mass is 300 g/mol. The molecule has 1 aromatic rings. The molecule has 17 heavy (non-hydrogen) atoms. The van der Waals surface area contributed by atoms with Gasteiger partial charge in [-0.15, -0.1) is 0 Å². The summed E-state index contributed by atoms with van der Waals surface area (Å²) in [6, 6.07) is 4.58. The summed E-state index contributed by atoms with van der Waals surface area (Å²) in [5.41, 5.74) is 0.722. The molecule has 0 aliphatic heterocycles. The summed E-state index contributed by atoms with van der Waals surface area (Å²) in [6.07, 6.45) is 2.44. The quantitative estimate of drug-likeness (QED) is 0.877. The van der Waals surface area contributed by atoms with Crippen molar-refractivity contribution in [1.29, 1.82) is 0 Å². The van der Waals surface area contributed by atoms with E-state index in [9.17, 15) is 9.18 Å². The molecular weight excluding hydrogens is 287 g/mol. The molecule has 0 unspecified atom stereocenters. The van der Waals surface area contributed by atoms with Gasteiger partial charge in [-0.25, -0.2) is 4.39 Å². The molecule has 1 amide bonds. The molecule has 1 aliphatic rings. The lowest BCUT2D eigenvalue weighted by atomic mass is 10.3. The van der Waals surface area contributed by atoms with Crippen molar-refractivity contribution in [3.05, 3.63) is 28.5 Å². The molecule has 0 atom stereocenters. The van der Waals surface area contributed by atoms with Gasteiger partial charge in [0, 0.05) is 12.2 Å². The van der Waals surface area contributed by atoms with Gasteiger partial charge in [0.2, 0.25) is 5.91 Å². The second-order valence-corrected chi connectivity index (χ2v) is 5.08. The van der Waals surface area contributed by atoms with Crippen LogP contribution in [-0.4, -0.2) is 19.0 Å². The molecule has 1 saturated carbocycles. The van der Waals surface area contributed by atoms with Crippen LogP contribution in [0.25, 0.3) is 0 Å². The standard InChI is InChI=1S/C12H14BrFN2O/c13-10-5-9(3-4-11(10)14)15-7-12(17)16-6-8-1-2-8/h3-5,8,15H,1-2,6-7H2,(H,16,17). The highest BCUT2D eigenvalue weighted by Gasteiger charge is 2.21. The summed E-state index contributed by atoms with van der Waals surface area (Å²) in [4.78, 5) is 11.4. The molecule has 0 spiro atoms. The Morgan fingerprint density at radius 1 is 1.47 bits per heavy atom. The first-order valence-electron chi connectivity index (χ1n) is 5.61. The van der Waals surface area contributed by atoms with E-state index in [-0.39, 0.29) is 18.3 Å². The largest absolute Gasteiger partial charge is 0.376 e. The lowest BCUT2D eigenvalue weighted by Gasteiger charge is -2.07. The van der Waals surface area contributed by atoms with E-state index in [1.54, 1.807) is 12.1 Å². The van der Waals surface area contributed by atoms with Crippen LogP contribution in [0.2, 0.25) is 0 Å². The summed E-state index contributed by atoms with van der Waals surface area (Å²) >= 11 is 3.10. The highest BCUT2D eigenvalue weighted by Crippen LogP contribution is 2.27. The SMILES string of the molecule is O=C(CNc1ccc(F)c(Br)c1)NCC1CC1. The minimum atomic E-state index is -0.311. The highest BCUT2D eigenvalue weighted by atomic mass is 79.9. The van der Waals surface area contributed by atoms with Crippen LogP contribution < -0.4 is 10.6 Å². The minimum Gasteiger partial charge on any atom is -0.376 e. The maximum absolute atomic E-state index is 13.0. The zero-order chi connectivity index (χ0) is 12.3. The number of halogens is 2. The van der Waals surface area contributed by atoms with Gasteiger partial charge in [-0.2, -0.15) is 0 Å². The number of carbonyl (C=O) groups excluding carboxylic acids is 1. The Hall–Kier alpha value is -1.10. The third-order valence-electron chi connectivity index (χ3n) is 2.66. The van der Waals surface area contributed by atoms with E-state index in [1.165, 1.54) is 18.9 Å². The molecule has 0 saturated heterocycles. The fraction of sp³-hybridized carbons (Fsp3) is 0.417. The molecule has 0 aromatic heterocycles. The van der Waals surface area contributed by atoms with Crippen LogP contribution in [0.15, 0.2) is 22.7 Å². The van der Waals surface area contributed by atoms with Gasteiger partial charge in [-0.05, 0) is 52.9 Å². The van der Waals surface area contributed by atoms with Crippen LogP contribution in [0.3, 0.4) is 0 Å². The second kappa shape index (κ2) is 5.49. The van der Waals surface area contributed by atoms with Gasteiger partial charge in [0.15, 0.2) is 0 Å². The fourth-order valence-corrected chi connectivity index (χ4v) is 1.81. The number of nitrogens with one attached hydrogen (secondary N) is 2. The molecule has 0 radical (unpaired) electrons. The van der Waals surface area contributed by atoms with Gasteiger partial charge in [0.1, 0.15) is 5.82 Å². The van der Waals surface area contributed by atoms with Crippen molar-refractivity contribution < 1.29 is 9.18 Å². The predicted molar refractivity (Wildman–Crippen MR) is 68.3 cm³/mol. The molecule has 92 valence electrons. The van der Waals surface area contributed by atoms with Crippen molar-refractivity contribution in [1.82, 2.24) is 5.32 Å². The maximum Gasteiger partial charge on any atom is 0.239 e. The Bertz CT molecular complexity index is 421. The fourth-order valence-electron chi connectivity index (χ4n) is 1.43. The van der Waals surface area contributed by atoms with Gasteiger partial charge in [-0.1, -0.05) is 0 Å². The molecule has 2 N–H and O–H groups in total. The molecule has 2 rings (SSSR count). The minimum absolute atomic E-state index is 0.0302. The first kappa shape index (κ1) is 12.4. The van der Waals surface area contributed by atoms with Crippen LogP contribution in [0.4, 0.5) is 10.1 Å². The van der Waals surface area contributed by atoms with Crippen molar-refractivity contribution in [3.8, 4) is 0 Å². The third-order valence-corrected chi connectivity index (χ3v) is 3.27. The number of rotatable bonds is 5. The van der Waals surface area contributed by atoms with E-state index < -0.39 is 0 Å². The summed E-state index contributed by atoms with van der Waals surface area (Å²) in [6.45, 7) is 0.985. The van der Waals surface area contributed by atoms with Crippen molar-refractivity contribution in [2.75, 3.05) is 18.4 Å². The van der Waals surface area contributed by atoms with Crippen LogP contribution in [-0.2, 0) is 4.79 Å². The Kier molecular flexibility index (Phi) is 3.99. The summed E-state index contributed by atoms with van der Waals surface area (Å²) in [5, 5.41) is 5.80. The molecule has 5 heteroatoms. The van der Waals surface area contributed by atoms with Gasteiger partial charge >= 0.3 is 0 Å². The average Bonchev–Trinajstić information content (AvgIpc) is 3.12. The first-order valence-corrected chi connectivity index (χ1v) is 6.40. The van der Waals surface area contributed by atoms with Crippen LogP contribution >= 0.6 is 15.9 Å². The van der Waals surface area contributed by atoms with Crippen LogP contribution in [0, 0.1) is 11.7 Å². The molecule has 3 nitrogen and oxygen atoms in total. The van der Waals surface area contributed by atoms with Crippen molar-refractivity contribution in [3.63, 3.8) is 0 Å². The Morgan fingerprint density at radius 2 is 2.24 bits per heavy atom. The normalized spacial score (nSPS) is 14.5. The van der Waals surface area contributed by atoms with Gasteiger partial charge < -0.3 is 10.6 Å². The van der Waals surface area contributed by atoms with Crippen molar-refractivity contribution >= 4 is 27.5 Å². The lowest BCUT2D eigenvalue weighted by Crippen LogP contribution is -2.31. The van der Waals surface area contributed by atoms with Crippen LogP contribution in [0.5, 0.6) is 0 Å². The van der Waals surface area contributed by atoms with E-state index >= 15 is 0 Å². The number of benzene rings is 1. The summed E-state index contributed by atoms with van der Waals surface area (Å²) in [7, 11) is 0. The molecule has 1 aliphatic carbocycles. The smallest absolute Gasteiger partial charge is 0.239 e. The molecule has 1 aromatic carbocycles. The summed E-state index contributed by atoms with van der Waals surface area (Å²) < 4.78 is 13.3. The number of hydrogen-bond donors (Lipinski definition) is 2. The highest BCUT2D eigenvalue weighted by molar-refractivity contribution is 9.10. The van der Waals surface area contributed by atoms with Gasteiger partial charge in [-0.3, -0.25) is 4.79 Å². The van der Waals surface area contributed by atoms with Crippen molar-refractivity contribution in [2.24, 2.45) is 5.92 Å². The van der Waals surface area contributed by atoms with Crippen molar-refractivity contribution in [2.45, 2.75) is 12.8 Å².